The number of phenols is 1. The van der Waals surface area contributed by atoms with Crippen LogP contribution >= 0.6 is 0 Å². The number of carbonyl (C=O) groups is 1. The van der Waals surface area contributed by atoms with Crippen molar-refractivity contribution in [1.82, 2.24) is 10.4 Å². The minimum absolute atomic E-state index is 0.0651. The number of benzene rings is 1. The molecule has 20 heavy (non-hydrogen) atoms. The van der Waals surface area contributed by atoms with E-state index in [1.807, 2.05) is 4.90 Å². The summed E-state index contributed by atoms with van der Waals surface area (Å²) in [5, 5.41) is 9.76. The first-order chi connectivity index (χ1) is 9.74. The van der Waals surface area contributed by atoms with E-state index in [4.69, 9.17) is 4.84 Å². The molecule has 0 radical (unpaired) electrons. The molecule has 3 rings (SSSR count). The maximum absolute atomic E-state index is 12.0. The topological polar surface area (TPSA) is 74.2 Å². The van der Waals surface area contributed by atoms with Crippen molar-refractivity contribution in [3.8, 4) is 5.75 Å². The minimum Gasteiger partial charge on any atom is -0.507 e. The molecule has 0 unspecified atom stereocenters. The van der Waals surface area contributed by atoms with Crippen LogP contribution in [0.15, 0.2) is 29.3 Å². The molecule has 1 aromatic rings. The van der Waals surface area contributed by atoms with Gasteiger partial charge in [0.25, 0.3) is 0 Å². The van der Waals surface area contributed by atoms with Crippen molar-refractivity contribution in [2.24, 2.45) is 4.99 Å². The summed E-state index contributed by atoms with van der Waals surface area (Å²) in [5.41, 5.74) is 3.26. The zero-order valence-corrected chi connectivity index (χ0v) is 11.1. The molecule has 6 heteroatoms. The molecule has 1 amide bonds. The first-order valence-corrected chi connectivity index (χ1v) is 6.78. The third kappa shape index (κ3) is 2.60. The van der Waals surface area contributed by atoms with Gasteiger partial charge in [-0.15, -0.1) is 0 Å². The highest BCUT2D eigenvalue weighted by Gasteiger charge is 2.26. The van der Waals surface area contributed by atoms with Gasteiger partial charge in [-0.1, -0.05) is 18.2 Å². The predicted molar refractivity (Wildman–Crippen MR) is 72.9 cm³/mol. The monoisotopic (exact) mass is 275 g/mol. The van der Waals surface area contributed by atoms with Crippen molar-refractivity contribution in [2.75, 3.05) is 13.1 Å². The number of nitrogens with zero attached hydrogens (tertiary/aromatic N) is 2. The third-order valence-electron chi connectivity index (χ3n) is 3.54. The summed E-state index contributed by atoms with van der Waals surface area (Å²) in [5.74, 6) is 0.709. The molecule has 1 atom stereocenters. The Morgan fingerprint density at radius 2 is 2.15 bits per heavy atom. The van der Waals surface area contributed by atoms with Gasteiger partial charge < -0.3 is 10.0 Å². The SMILES string of the molecule is O=C(CC1=N[C@@H](c2ccccc2O)ON1)N1CCCC1. The van der Waals surface area contributed by atoms with Gasteiger partial charge in [-0.3, -0.25) is 4.79 Å². The second-order valence-electron chi connectivity index (χ2n) is 4.97. The molecular formula is C14H17N3O3. The summed E-state index contributed by atoms with van der Waals surface area (Å²) < 4.78 is 0. The van der Waals surface area contributed by atoms with Crippen molar-refractivity contribution in [3.05, 3.63) is 29.8 Å². The van der Waals surface area contributed by atoms with Gasteiger partial charge in [-0.05, 0) is 18.9 Å². The summed E-state index contributed by atoms with van der Waals surface area (Å²) in [7, 11) is 0. The normalized spacial score (nSPS) is 21.7. The molecule has 2 heterocycles. The number of amides is 1. The fraction of sp³-hybridized carbons (Fsp3) is 0.429. The smallest absolute Gasteiger partial charge is 0.230 e. The van der Waals surface area contributed by atoms with Crippen LogP contribution in [0.1, 0.15) is 31.1 Å². The van der Waals surface area contributed by atoms with Gasteiger partial charge in [-0.2, -0.15) is 0 Å². The summed E-state index contributed by atoms with van der Waals surface area (Å²) in [6.07, 6.45) is 1.76. The second-order valence-corrected chi connectivity index (χ2v) is 4.97. The molecule has 0 aliphatic carbocycles. The van der Waals surface area contributed by atoms with Crippen molar-refractivity contribution >= 4 is 11.7 Å². The molecule has 0 aromatic heterocycles. The molecule has 0 saturated carbocycles. The van der Waals surface area contributed by atoms with Crippen molar-refractivity contribution in [3.63, 3.8) is 0 Å². The molecule has 1 saturated heterocycles. The largest absolute Gasteiger partial charge is 0.507 e. The Morgan fingerprint density at radius 1 is 1.40 bits per heavy atom. The minimum atomic E-state index is -0.599. The third-order valence-corrected chi connectivity index (χ3v) is 3.54. The summed E-state index contributed by atoms with van der Waals surface area (Å²) in [4.78, 5) is 23.5. The van der Waals surface area contributed by atoms with Gasteiger partial charge in [0.2, 0.25) is 12.1 Å². The lowest BCUT2D eigenvalue weighted by molar-refractivity contribution is -0.128. The van der Waals surface area contributed by atoms with Crippen LogP contribution in [0.5, 0.6) is 5.75 Å². The van der Waals surface area contributed by atoms with E-state index in [1.165, 1.54) is 0 Å². The van der Waals surface area contributed by atoms with Gasteiger partial charge in [-0.25, -0.2) is 15.3 Å². The fourth-order valence-electron chi connectivity index (χ4n) is 2.45. The number of rotatable bonds is 3. The van der Waals surface area contributed by atoms with E-state index in [2.05, 4.69) is 10.5 Å². The maximum Gasteiger partial charge on any atom is 0.230 e. The van der Waals surface area contributed by atoms with Crippen LogP contribution in [0.3, 0.4) is 0 Å². The molecule has 0 spiro atoms. The maximum atomic E-state index is 12.0. The second kappa shape index (κ2) is 5.50. The Kier molecular flexibility index (Phi) is 3.56. The van der Waals surface area contributed by atoms with Crippen LogP contribution in [-0.4, -0.2) is 34.8 Å². The highest BCUT2D eigenvalue weighted by molar-refractivity contribution is 6.00. The number of phenolic OH excluding ortho intramolecular Hbond substituents is 1. The number of amidine groups is 1. The molecule has 106 valence electrons. The fourth-order valence-corrected chi connectivity index (χ4v) is 2.45. The summed E-state index contributed by atoms with van der Waals surface area (Å²) >= 11 is 0. The molecule has 0 bridgehead atoms. The Bertz CT molecular complexity index is 538. The number of aliphatic imine (C=N–C) groups is 1. The van der Waals surface area contributed by atoms with Gasteiger partial charge in [0, 0.05) is 18.7 Å². The lowest BCUT2D eigenvalue weighted by Gasteiger charge is -2.14. The van der Waals surface area contributed by atoms with E-state index in [1.54, 1.807) is 24.3 Å². The van der Waals surface area contributed by atoms with Crippen LogP contribution in [0.4, 0.5) is 0 Å². The number of nitrogens with one attached hydrogen (secondary N) is 1. The lowest BCUT2D eigenvalue weighted by atomic mass is 10.2. The first-order valence-electron chi connectivity index (χ1n) is 6.78. The zero-order chi connectivity index (χ0) is 13.9. The standard InChI is InChI=1S/C14H17N3O3/c18-11-6-2-1-5-10(11)14-15-12(16-20-14)9-13(19)17-7-3-4-8-17/h1-2,5-6,14,18H,3-4,7-9H2,(H,15,16)/t14-/m1/s1. The van der Waals surface area contributed by atoms with Crippen LogP contribution < -0.4 is 5.48 Å². The van der Waals surface area contributed by atoms with E-state index in [9.17, 15) is 9.90 Å². The zero-order valence-electron chi connectivity index (χ0n) is 11.1. The van der Waals surface area contributed by atoms with Crippen LogP contribution in [0, 0.1) is 0 Å². The Morgan fingerprint density at radius 3 is 2.90 bits per heavy atom. The van der Waals surface area contributed by atoms with Gasteiger partial charge >= 0.3 is 0 Å². The molecule has 6 nitrogen and oxygen atoms in total. The van der Waals surface area contributed by atoms with E-state index >= 15 is 0 Å². The highest BCUT2D eigenvalue weighted by Crippen LogP contribution is 2.29. The van der Waals surface area contributed by atoms with Crippen LogP contribution in [-0.2, 0) is 9.63 Å². The molecule has 1 fully saturated rings. The van der Waals surface area contributed by atoms with Crippen LogP contribution in [0.25, 0.3) is 0 Å². The average Bonchev–Trinajstić information content (AvgIpc) is 3.10. The number of para-hydroxylation sites is 1. The molecule has 2 N–H and O–H groups in total. The number of aromatic hydroxyl groups is 1. The van der Waals surface area contributed by atoms with E-state index in [-0.39, 0.29) is 18.1 Å². The van der Waals surface area contributed by atoms with Gasteiger partial charge in [0.1, 0.15) is 11.6 Å². The molecule has 1 aromatic carbocycles. The van der Waals surface area contributed by atoms with Crippen molar-refractivity contribution in [1.29, 1.82) is 0 Å². The number of hydroxylamine groups is 1. The van der Waals surface area contributed by atoms with E-state index in [0.717, 1.165) is 25.9 Å². The highest BCUT2D eigenvalue weighted by atomic mass is 16.7. The molecule has 2 aliphatic heterocycles. The first kappa shape index (κ1) is 12.9. The molecular weight excluding hydrogens is 258 g/mol. The molecule has 2 aliphatic rings. The lowest BCUT2D eigenvalue weighted by Crippen LogP contribution is -2.32. The van der Waals surface area contributed by atoms with E-state index < -0.39 is 6.23 Å². The number of carbonyl (C=O) groups excluding carboxylic acids is 1. The summed E-state index contributed by atoms with van der Waals surface area (Å²) in [6.45, 7) is 1.66. The number of likely N-dealkylation sites (tertiary alicyclic amines) is 1. The Balaban J connectivity index is 1.66. The Labute approximate surface area is 117 Å². The van der Waals surface area contributed by atoms with Crippen molar-refractivity contribution in [2.45, 2.75) is 25.5 Å². The van der Waals surface area contributed by atoms with Crippen molar-refractivity contribution < 1.29 is 14.7 Å². The number of hydrogen-bond acceptors (Lipinski definition) is 5. The average molecular weight is 275 g/mol. The number of hydrogen-bond donors (Lipinski definition) is 2. The van der Waals surface area contributed by atoms with Gasteiger partial charge in [0.15, 0.2) is 0 Å². The van der Waals surface area contributed by atoms with E-state index in [0.29, 0.717) is 11.4 Å². The quantitative estimate of drug-likeness (QED) is 0.873. The summed E-state index contributed by atoms with van der Waals surface area (Å²) in [6, 6.07) is 6.88. The Hall–Kier alpha value is -2.08. The predicted octanol–water partition coefficient (Wildman–Crippen LogP) is 1.34. The van der Waals surface area contributed by atoms with Gasteiger partial charge in [0.05, 0.1) is 6.42 Å². The van der Waals surface area contributed by atoms with Crippen LogP contribution in [0.2, 0.25) is 0 Å².